The highest BCUT2D eigenvalue weighted by Crippen LogP contribution is 2.28. The van der Waals surface area contributed by atoms with Gasteiger partial charge in [-0.05, 0) is 51.4 Å². The summed E-state index contributed by atoms with van der Waals surface area (Å²) in [5, 5.41) is 4.62. The highest BCUT2D eigenvalue weighted by Gasteiger charge is 2.25. The van der Waals surface area contributed by atoms with E-state index in [1.54, 1.807) is 15.3 Å². The number of fused-ring (bicyclic) bond motifs is 1. The zero-order chi connectivity index (χ0) is 18.8. The summed E-state index contributed by atoms with van der Waals surface area (Å²) in [4.78, 5) is 17.4. The molecule has 0 aromatic carbocycles. The van der Waals surface area contributed by atoms with Crippen molar-refractivity contribution in [2.45, 2.75) is 64.1 Å². The maximum absolute atomic E-state index is 13.3. The number of ether oxygens (including phenoxy) is 2. The smallest absolute Gasteiger partial charge is 0.317 e. The molecule has 7 nitrogen and oxygen atoms in total. The molecular formula is C19H27FN4O3. The summed E-state index contributed by atoms with van der Waals surface area (Å²) >= 11 is 0. The van der Waals surface area contributed by atoms with E-state index in [0.717, 1.165) is 31.5 Å². The highest BCUT2D eigenvalue weighted by atomic mass is 19.1. The van der Waals surface area contributed by atoms with Crippen molar-refractivity contribution in [1.82, 2.24) is 19.2 Å². The first-order chi connectivity index (χ1) is 13.2. The van der Waals surface area contributed by atoms with Gasteiger partial charge in [0.15, 0.2) is 5.52 Å². The minimum absolute atomic E-state index is 0.138. The van der Waals surface area contributed by atoms with E-state index < -0.39 is 6.17 Å². The second kappa shape index (κ2) is 7.96. The van der Waals surface area contributed by atoms with Crippen molar-refractivity contribution in [2.75, 3.05) is 19.8 Å². The molecule has 148 valence electrons. The molecule has 0 bridgehead atoms. The van der Waals surface area contributed by atoms with Gasteiger partial charge in [-0.25, -0.2) is 13.9 Å². The second-order valence-electron chi connectivity index (χ2n) is 7.56. The molecule has 4 rings (SSSR count). The third-order valence-corrected chi connectivity index (χ3v) is 5.77. The Hall–Kier alpha value is -1.96. The molecule has 0 unspecified atom stereocenters. The fourth-order valence-electron chi connectivity index (χ4n) is 4.08. The average Bonchev–Trinajstić information content (AvgIpc) is 3.12. The van der Waals surface area contributed by atoms with Crippen LogP contribution in [0, 0.1) is 5.92 Å². The number of aromatic nitrogens is 4. The van der Waals surface area contributed by atoms with Crippen molar-refractivity contribution in [2.24, 2.45) is 5.92 Å². The molecule has 2 fully saturated rings. The van der Waals surface area contributed by atoms with Crippen LogP contribution in [-0.2, 0) is 11.3 Å². The third-order valence-electron chi connectivity index (χ3n) is 5.77. The normalized spacial score (nSPS) is 24.4. The molecule has 1 saturated heterocycles. The van der Waals surface area contributed by atoms with Crippen molar-refractivity contribution in [3.05, 3.63) is 22.4 Å². The van der Waals surface area contributed by atoms with E-state index in [1.807, 2.05) is 6.92 Å². The molecule has 2 aromatic rings. The van der Waals surface area contributed by atoms with Crippen LogP contribution in [-0.4, -0.2) is 45.2 Å². The number of imidazole rings is 1. The van der Waals surface area contributed by atoms with Crippen LogP contribution < -0.4 is 10.3 Å². The zero-order valence-corrected chi connectivity index (χ0v) is 15.8. The lowest BCUT2D eigenvalue weighted by molar-refractivity contribution is 0.0831. The maximum atomic E-state index is 13.3. The van der Waals surface area contributed by atoms with Crippen LogP contribution in [0.4, 0.5) is 4.39 Å². The summed E-state index contributed by atoms with van der Waals surface area (Å²) in [6.07, 6.45) is 5.50. The molecule has 1 saturated carbocycles. The first kappa shape index (κ1) is 18.4. The van der Waals surface area contributed by atoms with Crippen LogP contribution >= 0.6 is 0 Å². The van der Waals surface area contributed by atoms with Crippen molar-refractivity contribution < 1.29 is 13.9 Å². The standard InChI is InChI=1S/C19H27FN4O3/c1-2-23-18(25)16-11-21-17(14-7-9-26-10-8-14)24(16)22-19(23)27-12-13-3-5-15(20)6-4-13/h11,13-15H,2-10,12H2,1H3. The van der Waals surface area contributed by atoms with Gasteiger partial charge < -0.3 is 9.47 Å². The molecule has 8 heteroatoms. The lowest BCUT2D eigenvalue weighted by Crippen LogP contribution is -2.28. The number of hydrogen-bond donors (Lipinski definition) is 0. The minimum Gasteiger partial charge on any atom is -0.463 e. The average molecular weight is 378 g/mol. The number of alkyl halides is 1. The third kappa shape index (κ3) is 3.72. The van der Waals surface area contributed by atoms with E-state index in [0.29, 0.717) is 56.7 Å². The minimum atomic E-state index is -0.683. The van der Waals surface area contributed by atoms with Crippen LogP contribution in [0.5, 0.6) is 6.01 Å². The number of rotatable bonds is 5. The molecule has 2 aliphatic rings. The molecule has 0 radical (unpaired) electrons. The fourth-order valence-corrected chi connectivity index (χ4v) is 4.08. The van der Waals surface area contributed by atoms with Gasteiger partial charge in [-0.1, -0.05) is 0 Å². The first-order valence-electron chi connectivity index (χ1n) is 10.0. The molecule has 0 N–H and O–H groups in total. The number of nitrogens with zero attached hydrogens (tertiary/aromatic N) is 4. The van der Waals surface area contributed by atoms with E-state index in [-0.39, 0.29) is 11.5 Å². The van der Waals surface area contributed by atoms with E-state index in [9.17, 15) is 9.18 Å². The Morgan fingerprint density at radius 1 is 1.22 bits per heavy atom. The van der Waals surface area contributed by atoms with Gasteiger partial charge >= 0.3 is 6.01 Å². The van der Waals surface area contributed by atoms with Crippen LogP contribution in [0.3, 0.4) is 0 Å². The fraction of sp³-hybridized carbons (Fsp3) is 0.737. The Balaban J connectivity index is 1.61. The van der Waals surface area contributed by atoms with Gasteiger partial charge in [-0.2, -0.15) is 0 Å². The van der Waals surface area contributed by atoms with Gasteiger partial charge in [0.2, 0.25) is 0 Å². The number of halogens is 1. The van der Waals surface area contributed by atoms with Crippen molar-refractivity contribution in [3.63, 3.8) is 0 Å². The molecule has 0 amide bonds. The molecule has 2 aromatic heterocycles. The highest BCUT2D eigenvalue weighted by molar-refractivity contribution is 5.43. The largest absolute Gasteiger partial charge is 0.463 e. The van der Waals surface area contributed by atoms with Crippen molar-refractivity contribution in [1.29, 1.82) is 0 Å². The second-order valence-corrected chi connectivity index (χ2v) is 7.56. The zero-order valence-electron chi connectivity index (χ0n) is 15.8. The van der Waals surface area contributed by atoms with E-state index in [4.69, 9.17) is 9.47 Å². The van der Waals surface area contributed by atoms with E-state index in [1.165, 1.54) is 0 Å². The summed E-state index contributed by atoms with van der Waals surface area (Å²) in [5.41, 5.74) is 0.337. The van der Waals surface area contributed by atoms with Crippen LogP contribution in [0.25, 0.3) is 5.52 Å². The molecule has 0 spiro atoms. The Bertz CT molecular complexity index is 835. The molecule has 27 heavy (non-hydrogen) atoms. The summed E-state index contributed by atoms with van der Waals surface area (Å²) in [6, 6.07) is 0.323. The molecule has 0 atom stereocenters. The van der Waals surface area contributed by atoms with Gasteiger partial charge in [0.1, 0.15) is 12.0 Å². The Labute approximate surface area is 157 Å². The van der Waals surface area contributed by atoms with Gasteiger partial charge in [0.05, 0.1) is 12.8 Å². The lowest BCUT2D eigenvalue weighted by Gasteiger charge is -2.24. The molecular weight excluding hydrogens is 351 g/mol. The van der Waals surface area contributed by atoms with Gasteiger partial charge in [0, 0.05) is 25.7 Å². The lowest BCUT2D eigenvalue weighted by atomic mass is 9.89. The predicted molar refractivity (Wildman–Crippen MR) is 98.1 cm³/mol. The SMILES string of the molecule is CCn1c(OCC2CCC(F)CC2)nn2c(C3CCOCC3)ncc2c1=O. The predicted octanol–water partition coefficient (Wildman–Crippen LogP) is 2.71. The van der Waals surface area contributed by atoms with Crippen LogP contribution in [0.2, 0.25) is 0 Å². The van der Waals surface area contributed by atoms with Crippen molar-refractivity contribution >= 4 is 5.52 Å². The van der Waals surface area contributed by atoms with E-state index in [2.05, 4.69) is 10.1 Å². The van der Waals surface area contributed by atoms with Gasteiger partial charge in [-0.15, -0.1) is 5.10 Å². The quantitative estimate of drug-likeness (QED) is 0.800. The Morgan fingerprint density at radius 3 is 2.67 bits per heavy atom. The molecule has 1 aliphatic carbocycles. The maximum Gasteiger partial charge on any atom is 0.317 e. The Morgan fingerprint density at radius 2 is 1.96 bits per heavy atom. The topological polar surface area (TPSA) is 70.7 Å². The van der Waals surface area contributed by atoms with Gasteiger partial charge in [-0.3, -0.25) is 9.36 Å². The monoisotopic (exact) mass is 378 g/mol. The van der Waals surface area contributed by atoms with Crippen molar-refractivity contribution in [3.8, 4) is 6.01 Å². The first-order valence-corrected chi connectivity index (χ1v) is 10.0. The Kier molecular flexibility index (Phi) is 5.43. The van der Waals surface area contributed by atoms with E-state index >= 15 is 0 Å². The molecule has 3 heterocycles. The van der Waals surface area contributed by atoms with Gasteiger partial charge in [0.25, 0.3) is 5.56 Å². The number of hydrogen-bond acceptors (Lipinski definition) is 5. The summed E-state index contributed by atoms with van der Waals surface area (Å²) < 4.78 is 27.9. The summed E-state index contributed by atoms with van der Waals surface area (Å²) in [5.74, 6) is 1.35. The molecule has 1 aliphatic heterocycles. The summed E-state index contributed by atoms with van der Waals surface area (Å²) in [7, 11) is 0. The van der Waals surface area contributed by atoms with Crippen LogP contribution in [0.1, 0.15) is 57.2 Å². The summed E-state index contributed by atoms with van der Waals surface area (Å²) in [6.45, 7) is 4.24. The van der Waals surface area contributed by atoms with Crippen LogP contribution in [0.15, 0.2) is 11.0 Å².